The number of hydrogen-bond acceptors (Lipinski definition) is 4. The fourth-order valence-corrected chi connectivity index (χ4v) is 5.57. The highest BCUT2D eigenvalue weighted by atomic mass is 32.2. The molecule has 0 fully saturated rings. The SMILES string of the molecule is CC[C@@H](C)NC(=O)[C@@H](Cc1ccccc1)N(Cc1ccccc1C)C(=O)CCCN(c1ccc(F)c(F)c1)S(C)(=O)=O. The van der Waals surface area contributed by atoms with Crippen molar-refractivity contribution in [1.82, 2.24) is 10.2 Å². The summed E-state index contributed by atoms with van der Waals surface area (Å²) in [6.45, 7) is 5.87. The molecule has 0 unspecified atom stereocenters. The molecule has 10 heteroatoms. The Balaban J connectivity index is 1.91. The second-order valence-electron chi connectivity index (χ2n) is 10.5. The number of anilines is 1. The summed E-state index contributed by atoms with van der Waals surface area (Å²) < 4.78 is 53.3. The molecule has 3 aromatic rings. The molecule has 0 radical (unpaired) electrons. The maximum atomic E-state index is 13.9. The standard InChI is InChI=1S/C32H39F2N3O4S/c1-5-24(3)35-32(39)30(20-25-13-7-6-8-14-25)36(22-26-15-10-9-12-23(26)2)31(38)16-11-19-37(42(4,40)41)27-17-18-28(33)29(34)21-27/h6-10,12-15,17-18,21,24,30H,5,11,16,19-20,22H2,1-4H3,(H,35,39)/t24-,30-/m1/s1. The number of sulfonamides is 1. The molecule has 0 saturated carbocycles. The van der Waals surface area contributed by atoms with Crippen molar-refractivity contribution in [1.29, 1.82) is 0 Å². The largest absolute Gasteiger partial charge is 0.352 e. The van der Waals surface area contributed by atoms with Crippen LogP contribution in [0.15, 0.2) is 72.8 Å². The molecule has 1 N–H and O–H groups in total. The van der Waals surface area contributed by atoms with Crippen molar-refractivity contribution in [3.05, 3.63) is 101 Å². The summed E-state index contributed by atoms with van der Waals surface area (Å²) in [7, 11) is -3.85. The first-order valence-electron chi connectivity index (χ1n) is 14.0. The second-order valence-corrected chi connectivity index (χ2v) is 12.4. The summed E-state index contributed by atoms with van der Waals surface area (Å²) in [6, 6.07) is 19.0. The molecule has 0 aromatic heterocycles. The third kappa shape index (κ3) is 9.11. The molecule has 0 bridgehead atoms. The van der Waals surface area contributed by atoms with Crippen LogP contribution in [0.2, 0.25) is 0 Å². The van der Waals surface area contributed by atoms with Gasteiger partial charge in [-0.25, -0.2) is 17.2 Å². The number of nitrogens with one attached hydrogen (secondary N) is 1. The van der Waals surface area contributed by atoms with Gasteiger partial charge in [0.25, 0.3) is 0 Å². The van der Waals surface area contributed by atoms with Gasteiger partial charge in [-0.3, -0.25) is 13.9 Å². The lowest BCUT2D eigenvalue weighted by molar-refractivity contribution is -0.141. The van der Waals surface area contributed by atoms with Crippen molar-refractivity contribution in [3.8, 4) is 0 Å². The van der Waals surface area contributed by atoms with Crippen LogP contribution in [-0.4, -0.2) is 50.0 Å². The van der Waals surface area contributed by atoms with Crippen LogP contribution in [-0.2, 0) is 32.6 Å². The first-order valence-corrected chi connectivity index (χ1v) is 15.9. The van der Waals surface area contributed by atoms with E-state index in [1.807, 2.05) is 75.4 Å². The zero-order valence-electron chi connectivity index (χ0n) is 24.5. The third-order valence-electron chi connectivity index (χ3n) is 7.22. The number of hydrogen-bond donors (Lipinski definition) is 1. The van der Waals surface area contributed by atoms with Crippen LogP contribution in [0.25, 0.3) is 0 Å². The lowest BCUT2D eigenvalue weighted by atomic mass is 10.0. The highest BCUT2D eigenvalue weighted by molar-refractivity contribution is 7.92. The van der Waals surface area contributed by atoms with E-state index in [2.05, 4.69) is 5.32 Å². The van der Waals surface area contributed by atoms with E-state index in [1.165, 1.54) is 6.07 Å². The van der Waals surface area contributed by atoms with Crippen LogP contribution < -0.4 is 9.62 Å². The smallest absolute Gasteiger partial charge is 0.243 e. The van der Waals surface area contributed by atoms with Gasteiger partial charge >= 0.3 is 0 Å². The van der Waals surface area contributed by atoms with E-state index in [0.717, 1.165) is 45.8 Å². The lowest BCUT2D eigenvalue weighted by Gasteiger charge is -2.33. The summed E-state index contributed by atoms with van der Waals surface area (Å²) in [6.07, 6.45) is 2.02. The number of rotatable bonds is 14. The average Bonchev–Trinajstić information content (AvgIpc) is 2.95. The molecule has 2 amide bonds. The number of carbonyl (C=O) groups is 2. The van der Waals surface area contributed by atoms with Crippen LogP contribution >= 0.6 is 0 Å². The molecule has 0 aliphatic heterocycles. The van der Waals surface area contributed by atoms with Crippen LogP contribution in [0.1, 0.15) is 49.8 Å². The van der Waals surface area contributed by atoms with Crippen molar-refractivity contribution >= 4 is 27.5 Å². The first kappa shape index (κ1) is 32.7. The Labute approximate surface area is 247 Å². The van der Waals surface area contributed by atoms with E-state index >= 15 is 0 Å². The van der Waals surface area contributed by atoms with Gasteiger partial charge in [-0.1, -0.05) is 61.5 Å². The predicted octanol–water partition coefficient (Wildman–Crippen LogP) is 5.37. The van der Waals surface area contributed by atoms with Crippen molar-refractivity contribution in [2.75, 3.05) is 17.1 Å². The second kappa shape index (κ2) is 14.9. The van der Waals surface area contributed by atoms with E-state index in [9.17, 15) is 26.8 Å². The summed E-state index contributed by atoms with van der Waals surface area (Å²) in [5.41, 5.74) is 2.72. The fourth-order valence-electron chi connectivity index (χ4n) is 4.61. The summed E-state index contributed by atoms with van der Waals surface area (Å²) >= 11 is 0. The van der Waals surface area contributed by atoms with E-state index in [1.54, 1.807) is 4.90 Å². The van der Waals surface area contributed by atoms with Gasteiger partial charge in [0.05, 0.1) is 11.9 Å². The summed E-state index contributed by atoms with van der Waals surface area (Å²) in [5.74, 6) is -2.85. The molecular formula is C32H39F2N3O4S. The van der Waals surface area contributed by atoms with Gasteiger partial charge in [-0.05, 0) is 55.5 Å². The Morgan fingerprint density at radius 3 is 2.24 bits per heavy atom. The van der Waals surface area contributed by atoms with Crippen LogP contribution in [0.4, 0.5) is 14.5 Å². The third-order valence-corrected chi connectivity index (χ3v) is 8.41. The molecule has 226 valence electrons. The number of carbonyl (C=O) groups excluding carboxylic acids is 2. The number of aryl methyl sites for hydroxylation is 1. The van der Waals surface area contributed by atoms with Crippen molar-refractivity contribution in [2.24, 2.45) is 0 Å². The number of amides is 2. The number of halogens is 2. The molecular weight excluding hydrogens is 560 g/mol. The van der Waals surface area contributed by atoms with Gasteiger partial charge in [0, 0.05) is 38.0 Å². The molecule has 2 atom stereocenters. The topological polar surface area (TPSA) is 86.8 Å². The molecule has 0 spiro atoms. The normalized spacial score (nSPS) is 12.8. The Kier molecular flexibility index (Phi) is 11.6. The minimum Gasteiger partial charge on any atom is -0.352 e. The molecule has 0 heterocycles. The quantitative estimate of drug-likeness (QED) is 0.270. The van der Waals surface area contributed by atoms with Crippen LogP contribution in [0.5, 0.6) is 0 Å². The van der Waals surface area contributed by atoms with Gasteiger partial charge in [-0.15, -0.1) is 0 Å². The van der Waals surface area contributed by atoms with Crippen molar-refractivity contribution < 1.29 is 26.8 Å². The van der Waals surface area contributed by atoms with Gasteiger partial charge in [0.1, 0.15) is 6.04 Å². The van der Waals surface area contributed by atoms with Gasteiger partial charge in [0.15, 0.2) is 11.6 Å². The Morgan fingerprint density at radius 2 is 1.62 bits per heavy atom. The number of benzene rings is 3. The van der Waals surface area contributed by atoms with E-state index in [-0.39, 0.29) is 49.5 Å². The minimum atomic E-state index is -3.85. The molecule has 0 saturated heterocycles. The Morgan fingerprint density at radius 1 is 0.952 bits per heavy atom. The van der Waals surface area contributed by atoms with Gasteiger partial charge in [0.2, 0.25) is 21.8 Å². The van der Waals surface area contributed by atoms with Gasteiger partial charge in [-0.2, -0.15) is 0 Å². The lowest BCUT2D eigenvalue weighted by Crippen LogP contribution is -2.52. The fraction of sp³-hybridized carbons (Fsp3) is 0.375. The Hall–Kier alpha value is -3.79. The van der Waals surface area contributed by atoms with Crippen molar-refractivity contribution in [2.45, 2.75) is 65.1 Å². The summed E-state index contributed by atoms with van der Waals surface area (Å²) in [4.78, 5) is 29.1. The zero-order chi connectivity index (χ0) is 30.9. The van der Waals surface area contributed by atoms with E-state index in [0.29, 0.717) is 6.42 Å². The minimum absolute atomic E-state index is 0.0319. The average molecular weight is 600 g/mol. The maximum absolute atomic E-state index is 13.9. The molecule has 42 heavy (non-hydrogen) atoms. The maximum Gasteiger partial charge on any atom is 0.243 e. The summed E-state index contributed by atoms with van der Waals surface area (Å²) in [5, 5.41) is 3.02. The molecule has 3 aromatic carbocycles. The molecule has 0 aliphatic carbocycles. The monoisotopic (exact) mass is 599 g/mol. The van der Waals surface area contributed by atoms with E-state index < -0.39 is 27.7 Å². The van der Waals surface area contributed by atoms with Crippen LogP contribution in [0, 0.1) is 18.6 Å². The molecule has 7 nitrogen and oxygen atoms in total. The Bertz CT molecular complexity index is 1470. The molecule has 0 aliphatic rings. The zero-order valence-corrected chi connectivity index (χ0v) is 25.3. The van der Waals surface area contributed by atoms with Crippen molar-refractivity contribution in [3.63, 3.8) is 0 Å². The van der Waals surface area contributed by atoms with Gasteiger partial charge < -0.3 is 10.2 Å². The highest BCUT2D eigenvalue weighted by Gasteiger charge is 2.31. The number of nitrogens with zero attached hydrogens (tertiary/aromatic N) is 2. The van der Waals surface area contributed by atoms with E-state index in [4.69, 9.17) is 0 Å². The van der Waals surface area contributed by atoms with Crippen LogP contribution in [0.3, 0.4) is 0 Å². The first-order chi connectivity index (χ1) is 19.9. The molecule has 3 rings (SSSR count). The predicted molar refractivity (Wildman–Crippen MR) is 161 cm³/mol. The highest BCUT2D eigenvalue weighted by Crippen LogP contribution is 2.23.